The number of aromatic amines is 1. The quantitative estimate of drug-likeness (QED) is 0.159. The van der Waals surface area contributed by atoms with E-state index in [1.165, 1.54) is 18.3 Å². The van der Waals surface area contributed by atoms with E-state index in [0.29, 0.717) is 5.56 Å². The standard InChI is InChI=1S/C15H17B2ClN4O7/c16-14(26,27)13(25,15(17,28)29)22-11-4-8(9(18)6-21-11)7-3-10(20-5-7)12(24)19-1-2-23/h3-6,20,23,25-29H,1-2H2,(H,19,24)(H,21,22). The number of carbonyl (C=O) groups excluding carboxylic acids is 1. The molecule has 1 amide bonds. The average molecular weight is 422 g/mol. The highest BCUT2D eigenvalue weighted by Crippen LogP contribution is 2.33. The van der Waals surface area contributed by atoms with Gasteiger partial charge in [0, 0.05) is 30.1 Å². The van der Waals surface area contributed by atoms with Crippen LogP contribution in [0.15, 0.2) is 24.5 Å². The van der Waals surface area contributed by atoms with E-state index in [1.54, 1.807) is 0 Å². The molecular formula is C15H17B2ClN4O7. The number of hydrogen-bond acceptors (Lipinski definition) is 9. The molecule has 2 aromatic heterocycles. The molecule has 0 aliphatic heterocycles. The molecular weight excluding hydrogens is 405 g/mol. The van der Waals surface area contributed by atoms with E-state index in [9.17, 15) is 30.3 Å². The average Bonchev–Trinajstić information content (AvgIpc) is 3.09. The van der Waals surface area contributed by atoms with Crippen molar-refractivity contribution in [3.05, 3.63) is 35.2 Å². The largest absolute Gasteiger partial charge is 0.395 e. The number of amides is 1. The molecule has 0 saturated carbocycles. The number of anilines is 1. The Labute approximate surface area is 172 Å². The highest BCUT2D eigenvalue weighted by molar-refractivity contribution is 6.33. The van der Waals surface area contributed by atoms with Gasteiger partial charge in [-0.2, -0.15) is 0 Å². The summed E-state index contributed by atoms with van der Waals surface area (Å²) in [4.78, 5) is 18.4. The summed E-state index contributed by atoms with van der Waals surface area (Å²) in [5.41, 5.74) is -9.84. The second-order valence-corrected chi connectivity index (χ2v) is 6.53. The molecule has 14 heteroatoms. The van der Waals surface area contributed by atoms with Crippen molar-refractivity contribution in [3.8, 4) is 11.1 Å². The van der Waals surface area contributed by atoms with Crippen LogP contribution in [0.4, 0.5) is 5.82 Å². The Kier molecular flexibility index (Phi) is 6.65. The van der Waals surface area contributed by atoms with Gasteiger partial charge in [0.15, 0.2) is 27.1 Å². The summed E-state index contributed by atoms with van der Waals surface area (Å²) in [5.74, 6) is -0.805. The van der Waals surface area contributed by atoms with E-state index < -0.39 is 23.0 Å². The van der Waals surface area contributed by atoms with Crippen LogP contribution in [-0.4, -0.2) is 92.5 Å². The SMILES string of the molecule is [B]C(O)(O)C(O)(Nc1cc(-c2c[nH]c(C(=O)NCCO)c2)c(Cl)cn1)C([B])(O)O. The van der Waals surface area contributed by atoms with Gasteiger partial charge in [0.2, 0.25) is 5.72 Å². The second-order valence-electron chi connectivity index (χ2n) is 6.12. The molecule has 0 fully saturated rings. The van der Waals surface area contributed by atoms with E-state index >= 15 is 0 Å². The molecule has 152 valence electrons. The third-order valence-electron chi connectivity index (χ3n) is 3.87. The fourth-order valence-electron chi connectivity index (χ4n) is 2.31. The first-order valence-corrected chi connectivity index (χ1v) is 8.39. The smallest absolute Gasteiger partial charge is 0.267 e. The molecule has 29 heavy (non-hydrogen) atoms. The van der Waals surface area contributed by atoms with Crippen molar-refractivity contribution >= 4 is 39.0 Å². The van der Waals surface area contributed by atoms with Gasteiger partial charge in [0.25, 0.3) is 5.91 Å². The second kappa shape index (κ2) is 8.32. The number of pyridine rings is 1. The van der Waals surface area contributed by atoms with Gasteiger partial charge < -0.3 is 46.3 Å². The summed E-state index contributed by atoms with van der Waals surface area (Å²) in [5, 5.41) is 61.5. The van der Waals surface area contributed by atoms with Crippen molar-refractivity contribution in [3.63, 3.8) is 0 Å². The van der Waals surface area contributed by atoms with Crippen LogP contribution >= 0.6 is 11.6 Å². The number of H-pyrrole nitrogens is 1. The molecule has 0 atom stereocenters. The first-order chi connectivity index (χ1) is 13.3. The van der Waals surface area contributed by atoms with Gasteiger partial charge in [0.05, 0.1) is 11.6 Å². The van der Waals surface area contributed by atoms with E-state index in [-0.39, 0.29) is 35.2 Å². The lowest BCUT2D eigenvalue weighted by atomic mass is 9.71. The molecule has 0 aliphatic rings. The minimum absolute atomic E-state index is 0.0577. The Hall–Kier alpha value is -2.12. The van der Waals surface area contributed by atoms with Crippen molar-refractivity contribution in [1.82, 2.24) is 15.3 Å². The number of rotatable bonds is 8. The predicted octanol–water partition coefficient (Wildman–Crippen LogP) is -2.83. The first kappa shape index (κ1) is 23.2. The Morgan fingerprint density at radius 3 is 2.34 bits per heavy atom. The molecule has 9 N–H and O–H groups in total. The zero-order valence-corrected chi connectivity index (χ0v) is 15.6. The third-order valence-corrected chi connectivity index (χ3v) is 4.17. The van der Waals surface area contributed by atoms with E-state index in [1.807, 2.05) is 5.32 Å². The van der Waals surface area contributed by atoms with Gasteiger partial charge in [-0.05, 0) is 12.1 Å². The van der Waals surface area contributed by atoms with Crippen LogP contribution < -0.4 is 10.6 Å². The van der Waals surface area contributed by atoms with Crippen molar-refractivity contribution in [1.29, 1.82) is 0 Å². The van der Waals surface area contributed by atoms with E-state index in [4.69, 9.17) is 32.4 Å². The predicted molar refractivity (Wildman–Crippen MR) is 103 cm³/mol. The fourth-order valence-corrected chi connectivity index (χ4v) is 2.53. The van der Waals surface area contributed by atoms with Crippen LogP contribution in [-0.2, 0) is 0 Å². The van der Waals surface area contributed by atoms with Crippen molar-refractivity contribution in [2.45, 2.75) is 17.1 Å². The summed E-state index contributed by atoms with van der Waals surface area (Å²) < 4.78 is 0. The highest BCUT2D eigenvalue weighted by atomic mass is 35.5. The number of nitrogens with one attached hydrogen (secondary N) is 3. The van der Waals surface area contributed by atoms with Crippen LogP contribution in [0.2, 0.25) is 5.02 Å². The van der Waals surface area contributed by atoms with Crippen molar-refractivity contribution in [2.75, 3.05) is 18.5 Å². The van der Waals surface area contributed by atoms with Gasteiger partial charge in [-0.1, -0.05) is 11.6 Å². The van der Waals surface area contributed by atoms with E-state index in [2.05, 4.69) is 15.3 Å². The molecule has 0 saturated heterocycles. The van der Waals surface area contributed by atoms with Crippen molar-refractivity contribution < 1.29 is 35.4 Å². The van der Waals surface area contributed by atoms with Gasteiger partial charge >= 0.3 is 0 Å². The zero-order chi connectivity index (χ0) is 22.0. The maximum atomic E-state index is 11.9. The number of carbonyl (C=O) groups is 1. The number of aromatic nitrogens is 2. The number of nitrogens with zero attached hydrogens (tertiary/aromatic N) is 1. The first-order valence-electron chi connectivity index (χ1n) is 8.01. The summed E-state index contributed by atoms with van der Waals surface area (Å²) in [6.07, 6.45) is 2.54. The monoisotopic (exact) mass is 422 g/mol. The van der Waals surface area contributed by atoms with Gasteiger partial charge in [0.1, 0.15) is 11.5 Å². The Morgan fingerprint density at radius 2 is 1.79 bits per heavy atom. The minimum atomic E-state index is -3.60. The maximum absolute atomic E-state index is 11.9. The molecule has 2 aromatic rings. The maximum Gasteiger partial charge on any atom is 0.267 e. The molecule has 0 bridgehead atoms. The van der Waals surface area contributed by atoms with Crippen molar-refractivity contribution in [2.24, 2.45) is 0 Å². The lowest BCUT2D eigenvalue weighted by molar-refractivity contribution is -0.303. The molecule has 2 heterocycles. The summed E-state index contributed by atoms with van der Waals surface area (Å²) in [6.45, 7) is -0.174. The third kappa shape index (κ3) is 4.90. The molecule has 0 aliphatic carbocycles. The minimum Gasteiger partial charge on any atom is -0.395 e. The molecule has 0 unspecified atom stereocenters. The Balaban J connectivity index is 2.38. The van der Waals surface area contributed by atoms with E-state index in [0.717, 1.165) is 6.20 Å². The van der Waals surface area contributed by atoms with Crippen LogP contribution in [0.5, 0.6) is 0 Å². The number of hydrogen-bond donors (Lipinski definition) is 9. The van der Waals surface area contributed by atoms with Crippen LogP contribution in [0.1, 0.15) is 10.5 Å². The van der Waals surface area contributed by atoms with Crippen LogP contribution in [0, 0.1) is 0 Å². The summed E-state index contributed by atoms with van der Waals surface area (Å²) >= 11 is 6.11. The number of aliphatic hydroxyl groups excluding tert-OH is 1. The topological polar surface area (TPSA) is 191 Å². The lowest BCUT2D eigenvalue weighted by Gasteiger charge is -2.45. The molecule has 2 rings (SSSR count). The Bertz CT molecular complexity index is 868. The number of halogens is 1. The molecule has 0 spiro atoms. The summed E-state index contributed by atoms with van der Waals surface area (Å²) in [6, 6.07) is 2.63. The highest BCUT2D eigenvalue weighted by Gasteiger charge is 2.56. The zero-order valence-electron chi connectivity index (χ0n) is 14.8. The summed E-state index contributed by atoms with van der Waals surface area (Å²) in [7, 11) is 9.96. The lowest BCUT2D eigenvalue weighted by Crippen LogP contribution is -2.73. The van der Waals surface area contributed by atoms with Gasteiger partial charge in [-0.3, -0.25) is 4.79 Å². The molecule has 4 radical (unpaired) electrons. The molecule has 11 nitrogen and oxygen atoms in total. The van der Waals surface area contributed by atoms with Crippen LogP contribution in [0.3, 0.4) is 0 Å². The fraction of sp³-hybridized carbons (Fsp3) is 0.333. The normalized spacial score (nSPS) is 12.7. The Morgan fingerprint density at radius 1 is 1.17 bits per heavy atom. The number of aliphatic hydroxyl groups is 6. The van der Waals surface area contributed by atoms with Crippen LogP contribution in [0.25, 0.3) is 11.1 Å². The molecule has 0 aromatic carbocycles. The van der Waals surface area contributed by atoms with Gasteiger partial charge in [-0.25, -0.2) is 4.98 Å². The van der Waals surface area contributed by atoms with Gasteiger partial charge in [-0.15, -0.1) is 0 Å².